The van der Waals surface area contributed by atoms with Gasteiger partial charge in [-0.05, 0) is 0 Å². The molecule has 0 N–H and O–H groups in total. The molecule has 0 amide bonds. The zero-order valence-corrected chi connectivity index (χ0v) is 16.0. The summed E-state index contributed by atoms with van der Waals surface area (Å²) in [5.41, 5.74) is 0. The van der Waals surface area contributed by atoms with Gasteiger partial charge in [0.25, 0.3) is 0 Å². The number of halogens is 20. The second-order valence-electron chi connectivity index (χ2n) is 5.65. The van der Waals surface area contributed by atoms with Gasteiger partial charge >= 0.3 is 53.9 Å². The van der Waals surface area contributed by atoms with E-state index >= 15 is 0 Å². The van der Waals surface area contributed by atoms with Crippen LogP contribution in [0, 0.1) is 0 Å². The molecule has 0 aliphatic rings. The summed E-state index contributed by atoms with van der Waals surface area (Å²) in [6.45, 7) is 0. The predicted molar refractivity (Wildman–Crippen MR) is 70.2 cm³/mol. The summed E-state index contributed by atoms with van der Waals surface area (Å²) < 4.78 is 244. The Morgan fingerprint density at radius 1 is 0.438 bits per heavy atom. The molecule has 0 bridgehead atoms. The van der Waals surface area contributed by atoms with E-state index in [0.29, 0.717) is 0 Å². The van der Waals surface area contributed by atoms with Crippen LogP contribution in [-0.4, -0.2) is 58.4 Å². The Morgan fingerprint density at radius 3 is 1.06 bits per heavy atom. The van der Waals surface area contributed by atoms with Crippen LogP contribution in [0.25, 0.3) is 0 Å². The van der Waals surface area contributed by atoms with E-state index in [1.807, 2.05) is 0 Å². The van der Waals surface area contributed by atoms with Gasteiger partial charge in [-0.25, -0.2) is 4.74 Å². The van der Waals surface area contributed by atoms with E-state index in [-0.39, 0.29) is 0 Å². The normalized spacial score (nSPS) is 16.5. The smallest absolute Gasteiger partial charge is 0.245 e. The summed E-state index contributed by atoms with van der Waals surface area (Å²) >= 11 is 0.779. The number of hydrogen-bond donors (Lipinski definition) is 0. The Balaban J connectivity index is 6.52. The lowest BCUT2D eigenvalue weighted by Crippen LogP contribution is -2.72. The van der Waals surface area contributed by atoms with Gasteiger partial charge in [0.15, 0.2) is 0 Å². The molecule has 0 radical (unpaired) electrons. The maximum absolute atomic E-state index is 13.3. The number of alkyl halides is 20. The summed E-state index contributed by atoms with van der Waals surface area (Å²) in [4.78, 5) is 0. The summed E-state index contributed by atoms with van der Waals surface area (Å²) in [5, 5.41) is 0. The SMILES string of the molecule is FC(F)(F)C(F)(F)C(F)(F)OC(F)(F)C(F)(F)C(F)(F)C(F)(F)C(F)(F)C(F)(F)CCI. The molecule has 1 nitrogen and oxygen atoms in total. The highest BCUT2D eigenvalue weighted by atomic mass is 127. The van der Waals surface area contributed by atoms with Crippen LogP contribution >= 0.6 is 22.6 Å². The van der Waals surface area contributed by atoms with Crippen molar-refractivity contribution in [1.82, 2.24) is 0 Å². The van der Waals surface area contributed by atoms with Crippen molar-refractivity contribution in [1.29, 1.82) is 0 Å². The molecule has 0 saturated carbocycles. The number of rotatable bonds is 10. The fourth-order valence-electron chi connectivity index (χ4n) is 1.54. The first-order valence-corrected chi connectivity index (χ1v) is 8.40. The second kappa shape index (κ2) is 8.24. The lowest BCUT2D eigenvalue weighted by Gasteiger charge is -2.41. The second-order valence-corrected chi connectivity index (χ2v) is 6.73. The average Bonchev–Trinajstić information content (AvgIpc) is 2.51. The van der Waals surface area contributed by atoms with Gasteiger partial charge in [-0.3, -0.25) is 0 Å². The van der Waals surface area contributed by atoms with E-state index in [1.165, 1.54) is 0 Å². The Hall–Kier alpha value is -0.640. The van der Waals surface area contributed by atoms with Crippen LogP contribution in [0.2, 0.25) is 0 Å². The molecule has 0 spiro atoms. The maximum atomic E-state index is 13.3. The molecular formula is C11H4F19IO. The molecule has 0 aliphatic carbocycles. The first kappa shape index (κ1) is 31.4. The third-order valence-electron chi connectivity index (χ3n) is 3.39. The van der Waals surface area contributed by atoms with E-state index in [2.05, 4.69) is 0 Å². The van der Waals surface area contributed by atoms with E-state index in [9.17, 15) is 83.4 Å². The maximum Gasteiger partial charge on any atom is 0.462 e. The lowest BCUT2D eigenvalue weighted by atomic mass is 9.92. The van der Waals surface area contributed by atoms with Crippen LogP contribution in [0.5, 0.6) is 0 Å². The third-order valence-corrected chi connectivity index (χ3v) is 3.93. The van der Waals surface area contributed by atoms with Crippen LogP contribution in [0.15, 0.2) is 0 Å². The number of hydrogen-bond acceptors (Lipinski definition) is 1. The Morgan fingerprint density at radius 2 is 0.750 bits per heavy atom. The van der Waals surface area contributed by atoms with E-state index < -0.39 is 64.8 Å². The monoisotopic (exact) mass is 640 g/mol. The lowest BCUT2D eigenvalue weighted by molar-refractivity contribution is -0.521. The largest absolute Gasteiger partial charge is 0.462 e. The topological polar surface area (TPSA) is 9.23 Å². The predicted octanol–water partition coefficient (Wildman–Crippen LogP) is 7.39. The molecule has 0 aliphatic heterocycles. The minimum absolute atomic E-state index is 0.779. The van der Waals surface area contributed by atoms with E-state index in [0.717, 1.165) is 27.3 Å². The molecule has 0 fully saturated rings. The Bertz CT molecular complexity index is 665. The van der Waals surface area contributed by atoms with E-state index in [1.54, 1.807) is 0 Å². The van der Waals surface area contributed by atoms with Crippen molar-refractivity contribution >= 4 is 22.6 Å². The van der Waals surface area contributed by atoms with Gasteiger partial charge in [0.2, 0.25) is 0 Å². The molecule has 0 aromatic rings. The van der Waals surface area contributed by atoms with Crippen LogP contribution in [0.3, 0.4) is 0 Å². The summed E-state index contributed by atoms with van der Waals surface area (Å²) in [6, 6.07) is 0. The van der Waals surface area contributed by atoms with Crippen molar-refractivity contribution in [3.8, 4) is 0 Å². The van der Waals surface area contributed by atoms with Crippen molar-refractivity contribution in [3.63, 3.8) is 0 Å². The van der Waals surface area contributed by atoms with Crippen molar-refractivity contribution in [3.05, 3.63) is 0 Å². The molecule has 0 unspecified atom stereocenters. The van der Waals surface area contributed by atoms with Crippen LogP contribution < -0.4 is 0 Å². The van der Waals surface area contributed by atoms with E-state index in [4.69, 9.17) is 0 Å². The molecule has 0 heterocycles. The van der Waals surface area contributed by atoms with Gasteiger partial charge in [0.05, 0.1) is 0 Å². The van der Waals surface area contributed by atoms with Gasteiger partial charge in [-0.15, -0.1) is 0 Å². The van der Waals surface area contributed by atoms with Gasteiger partial charge < -0.3 is 0 Å². The highest BCUT2D eigenvalue weighted by molar-refractivity contribution is 14.1. The van der Waals surface area contributed by atoms with Crippen molar-refractivity contribution in [2.45, 2.75) is 60.3 Å². The minimum Gasteiger partial charge on any atom is -0.245 e. The molecule has 194 valence electrons. The molecule has 21 heteroatoms. The van der Waals surface area contributed by atoms with Crippen LogP contribution in [-0.2, 0) is 4.74 Å². The molecule has 0 aromatic carbocycles. The summed E-state index contributed by atoms with van der Waals surface area (Å²) in [6.07, 6.45) is -26.1. The molecule has 0 atom stereocenters. The molecule has 0 aromatic heterocycles. The summed E-state index contributed by atoms with van der Waals surface area (Å²) in [7, 11) is 0. The molecule has 0 saturated heterocycles. The van der Waals surface area contributed by atoms with Crippen LogP contribution in [0.4, 0.5) is 83.4 Å². The quantitative estimate of drug-likeness (QED) is 0.138. The van der Waals surface area contributed by atoms with Gasteiger partial charge in [-0.2, -0.15) is 83.4 Å². The van der Waals surface area contributed by atoms with Gasteiger partial charge in [0, 0.05) is 10.8 Å². The fourth-order valence-corrected chi connectivity index (χ4v) is 2.21. The van der Waals surface area contributed by atoms with Gasteiger partial charge in [0.1, 0.15) is 0 Å². The third kappa shape index (κ3) is 4.51. The highest BCUT2D eigenvalue weighted by Gasteiger charge is 2.91. The Labute approximate surface area is 176 Å². The standard InChI is InChI=1S/C11H4F19IO/c12-3(13,1-2-31)4(14,15)5(16,17)6(18,19)7(20,21)10(27,28)32-11(29,30)8(22,23)9(24,25)26/h1-2H2. The minimum atomic E-state index is -8.49. The molecule has 0 rings (SSSR count). The van der Waals surface area contributed by atoms with Crippen molar-refractivity contribution in [2.75, 3.05) is 4.43 Å². The zero-order valence-electron chi connectivity index (χ0n) is 13.9. The zero-order chi connectivity index (χ0) is 26.6. The van der Waals surface area contributed by atoms with Crippen molar-refractivity contribution in [2.24, 2.45) is 0 Å². The highest BCUT2D eigenvalue weighted by Crippen LogP contribution is 2.62. The van der Waals surface area contributed by atoms with Crippen LogP contribution in [0.1, 0.15) is 6.42 Å². The first-order chi connectivity index (χ1) is 13.5. The van der Waals surface area contributed by atoms with Crippen molar-refractivity contribution < 1.29 is 88.2 Å². The molecule has 32 heavy (non-hydrogen) atoms. The molecular weight excluding hydrogens is 636 g/mol. The first-order valence-electron chi connectivity index (χ1n) is 6.87. The average molecular weight is 640 g/mol. The fraction of sp³-hybridized carbons (Fsp3) is 1.00. The summed E-state index contributed by atoms with van der Waals surface area (Å²) in [5.74, 6) is -47.0. The Kier molecular flexibility index (Phi) is 8.07. The number of ether oxygens (including phenoxy) is 1. The van der Waals surface area contributed by atoms with Gasteiger partial charge in [-0.1, -0.05) is 22.6 Å².